The maximum Gasteiger partial charge on any atom is 0.0992 e. The molecule has 0 heterocycles. The molecule has 2 rings (SSSR count). The molecule has 0 amide bonds. The normalized spacial score (nSPS) is 18.4. The minimum Gasteiger partial charge on any atom is -0.394 e. The highest BCUT2D eigenvalue weighted by Gasteiger charge is 2.30. The second kappa shape index (κ2) is 5.20. The summed E-state index contributed by atoms with van der Waals surface area (Å²) in [5, 5.41) is 21.9. The third-order valence-corrected chi connectivity index (χ3v) is 3.51. The van der Waals surface area contributed by atoms with Crippen LogP contribution in [0.25, 0.3) is 0 Å². The molecule has 90 valence electrons. The van der Waals surface area contributed by atoms with E-state index in [-0.39, 0.29) is 12.1 Å². The lowest BCUT2D eigenvalue weighted by molar-refractivity contribution is 0.173. The molecule has 2 N–H and O–H groups in total. The van der Waals surface area contributed by atoms with Crippen molar-refractivity contribution in [3.63, 3.8) is 0 Å². The molecule has 0 aromatic heterocycles. The van der Waals surface area contributed by atoms with Crippen molar-refractivity contribution < 1.29 is 5.11 Å². The first kappa shape index (κ1) is 11.9. The van der Waals surface area contributed by atoms with Crippen molar-refractivity contribution in [3.8, 4) is 6.07 Å². The topological polar surface area (TPSA) is 56.0 Å². The fourth-order valence-corrected chi connectivity index (χ4v) is 2.52. The Bertz CT molecular complexity index is 416. The van der Waals surface area contributed by atoms with Gasteiger partial charge in [0.15, 0.2) is 0 Å². The van der Waals surface area contributed by atoms with E-state index >= 15 is 0 Å². The number of nitrogens with one attached hydrogen (secondary N) is 1. The predicted octanol–water partition coefficient (Wildman–Crippen LogP) is 2.67. The molecule has 17 heavy (non-hydrogen) atoms. The first-order valence-corrected chi connectivity index (χ1v) is 6.17. The molecule has 1 fully saturated rings. The van der Waals surface area contributed by atoms with Gasteiger partial charge >= 0.3 is 0 Å². The van der Waals surface area contributed by atoms with Gasteiger partial charge in [0.25, 0.3) is 0 Å². The molecule has 0 aliphatic heterocycles. The first-order chi connectivity index (χ1) is 8.28. The van der Waals surface area contributed by atoms with E-state index in [4.69, 9.17) is 5.26 Å². The molecular formula is C14H18N2O. The largest absolute Gasteiger partial charge is 0.394 e. The summed E-state index contributed by atoms with van der Waals surface area (Å²) in [5.74, 6) is 0. The van der Waals surface area contributed by atoms with Crippen LogP contribution in [0.15, 0.2) is 24.3 Å². The van der Waals surface area contributed by atoms with Gasteiger partial charge in [-0.2, -0.15) is 5.26 Å². The fraction of sp³-hybridized carbons (Fsp3) is 0.500. The van der Waals surface area contributed by atoms with Crippen LogP contribution in [-0.4, -0.2) is 17.3 Å². The van der Waals surface area contributed by atoms with Crippen molar-refractivity contribution in [2.45, 2.75) is 37.6 Å². The van der Waals surface area contributed by atoms with Crippen molar-refractivity contribution in [1.82, 2.24) is 0 Å². The van der Waals surface area contributed by atoms with Crippen LogP contribution in [-0.2, 0) is 0 Å². The van der Waals surface area contributed by atoms with Gasteiger partial charge in [-0.3, -0.25) is 0 Å². The Balaban J connectivity index is 2.14. The summed E-state index contributed by atoms with van der Waals surface area (Å²) in [6.07, 6.45) is 5.57. The number of aliphatic hydroxyl groups excluding tert-OH is 1. The minimum absolute atomic E-state index is 0.157. The molecule has 1 aromatic rings. The smallest absolute Gasteiger partial charge is 0.0992 e. The van der Waals surface area contributed by atoms with E-state index in [2.05, 4.69) is 11.4 Å². The average Bonchev–Trinajstić information content (AvgIpc) is 2.40. The molecule has 1 saturated carbocycles. The summed E-state index contributed by atoms with van der Waals surface area (Å²) in [7, 11) is 0. The summed E-state index contributed by atoms with van der Waals surface area (Å²) in [6, 6.07) is 9.58. The minimum atomic E-state index is -0.188. The highest BCUT2D eigenvalue weighted by Crippen LogP contribution is 2.31. The van der Waals surface area contributed by atoms with Gasteiger partial charge in [-0.05, 0) is 31.0 Å². The van der Waals surface area contributed by atoms with E-state index in [1.807, 2.05) is 18.2 Å². The van der Waals surface area contributed by atoms with E-state index < -0.39 is 0 Å². The number of nitriles is 1. The monoisotopic (exact) mass is 230 g/mol. The van der Waals surface area contributed by atoms with Crippen LogP contribution in [0.3, 0.4) is 0 Å². The molecule has 3 nitrogen and oxygen atoms in total. The van der Waals surface area contributed by atoms with Crippen molar-refractivity contribution in [3.05, 3.63) is 29.8 Å². The summed E-state index contributed by atoms with van der Waals surface area (Å²) in [6.45, 7) is 0.157. The summed E-state index contributed by atoms with van der Waals surface area (Å²) >= 11 is 0. The molecule has 0 unspecified atom stereocenters. The van der Waals surface area contributed by atoms with Crippen molar-refractivity contribution in [2.75, 3.05) is 11.9 Å². The van der Waals surface area contributed by atoms with Crippen LogP contribution in [0.2, 0.25) is 0 Å². The lowest BCUT2D eigenvalue weighted by Gasteiger charge is -2.37. The summed E-state index contributed by atoms with van der Waals surface area (Å²) in [5.41, 5.74) is 1.39. The van der Waals surface area contributed by atoms with Gasteiger partial charge in [0, 0.05) is 5.69 Å². The van der Waals surface area contributed by atoms with Crippen LogP contribution in [0.4, 0.5) is 5.69 Å². The fourth-order valence-electron chi connectivity index (χ4n) is 2.52. The number of benzene rings is 1. The quantitative estimate of drug-likeness (QED) is 0.839. The zero-order valence-corrected chi connectivity index (χ0v) is 9.95. The Labute approximate surface area is 102 Å². The van der Waals surface area contributed by atoms with Gasteiger partial charge in [-0.15, -0.1) is 0 Å². The number of hydrogen-bond acceptors (Lipinski definition) is 3. The lowest BCUT2D eigenvalue weighted by Crippen LogP contribution is -2.43. The second-order valence-electron chi connectivity index (χ2n) is 4.82. The zero-order valence-electron chi connectivity index (χ0n) is 9.95. The van der Waals surface area contributed by atoms with Crippen LogP contribution in [0, 0.1) is 11.3 Å². The van der Waals surface area contributed by atoms with Crippen molar-refractivity contribution >= 4 is 5.69 Å². The Morgan fingerprint density at radius 2 is 2.06 bits per heavy atom. The second-order valence-corrected chi connectivity index (χ2v) is 4.82. The van der Waals surface area contributed by atoms with Crippen LogP contribution in [0.1, 0.15) is 37.7 Å². The molecule has 0 saturated heterocycles. The standard InChI is InChI=1S/C14H18N2O/c15-10-12-5-4-6-13(9-12)16-14(11-17)7-2-1-3-8-14/h4-6,9,16-17H,1-3,7-8,11H2. The van der Waals surface area contributed by atoms with Gasteiger partial charge in [-0.25, -0.2) is 0 Å². The maximum absolute atomic E-state index is 9.60. The molecule has 1 aliphatic carbocycles. The summed E-state index contributed by atoms with van der Waals surface area (Å²) in [4.78, 5) is 0. The molecule has 1 aromatic carbocycles. The Hall–Kier alpha value is -1.53. The number of hydrogen-bond donors (Lipinski definition) is 2. The molecule has 0 atom stereocenters. The molecule has 3 heteroatoms. The maximum atomic E-state index is 9.60. The third kappa shape index (κ3) is 2.78. The number of nitrogens with zero attached hydrogens (tertiary/aromatic N) is 1. The van der Waals surface area contributed by atoms with Crippen LogP contribution >= 0.6 is 0 Å². The Morgan fingerprint density at radius 1 is 1.29 bits per heavy atom. The zero-order chi connectivity index (χ0) is 12.1. The van der Waals surface area contributed by atoms with Gasteiger partial charge in [0.2, 0.25) is 0 Å². The van der Waals surface area contributed by atoms with Gasteiger partial charge in [-0.1, -0.05) is 25.3 Å². The van der Waals surface area contributed by atoms with E-state index in [0.717, 1.165) is 31.4 Å². The van der Waals surface area contributed by atoms with Crippen molar-refractivity contribution in [1.29, 1.82) is 5.26 Å². The highest BCUT2D eigenvalue weighted by atomic mass is 16.3. The van der Waals surface area contributed by atoms with Crippen LogP contribution in [0.5, 0.6) is 0 Å². The Kier molecular flexibility index (Phi) is 3.65. The lowest BCUT2D eigenvalue weighted by atomic mass is 9.82. The predicted molar refractivity (Wildman–Crippen MR) is 67.7 cm³/mol. The number of aliphatic hydroxyl groups is 1. The molecule has 0 radical (unpaired) electrons. The number of anilines is 1. The third-order valence-electron chi connectivity index (χ3n) is 3.51. The Morgan fingerprint density at radius 3 is 2.71 bits per heavy atom. The van der Waals surface area contributed by atoms with E-state index in [0.29, 0.717) is 5.56 Å². The van der Waals surface area contributed by atoms with E-state index in [9.17, 15) is 5.11 Å². The van der Waals surface area contributed by atoms with Crippen LogP contribution < -0.4 is 5.32 Å². The molecular weight excluding hydrogens is 212 g/mol. The van der Waals surface area contributed by atoms with Crippen molar-refractivity contribution in [2.24, 2.45) is 0 Å². The molecule has 1 aliphatic rings. The average molecular weight is 230 g/mol. The SMILES string of the molecule is N#Cc1cccc(NC2(CO)CCCCC2)c1. The van der Waals surface area contributed by atoms with Gasteiger partial charge in [0.05, 0.1) is 23.8 Å². The summed E-state index contributed by atoms with van der Waals surface area (Å²) < 4.78 is 0. The molecule has 0 bridgehead atoms. The first-order valence-electron chi connectivity index (χ1n) is 6.17. The highest BCUT2D eigenvalue weighted by molar-refractivity contribution is 5.51. The van der Waals surface area contributed by atoms with Gasteiger partial charge < -0.3 is 10.4 Å². The van der Waals surface area contributed by atoms with E-state index in [1.54, 1.807) is 6.07 Å². The molecule has 0 spiro atoms. The number of rotatable bonds is 3. The van der Waals surface area contributed by atoms with E-state index in [1.165, 1.54) is 6.42 Å². The van der Waals surface area contributed by atoms with Gasteiger partial charge in [0.1, 0.15) is 0 Å².